The molecule has 2 nitrogen and oxygen atoms in total. The van der Waals surface area contributed by atoms with Gasteiger partial charge >= 0.3 is 0 Å². The Morgan fingerprint density at radius 1 is 1.12 bits per heavy atom. The molecular weight excluding hydrogens is 217 g/mol. The van der Waals surface area contributed by atoms with E-state index in [0.717, 1.165) is 31.4 Å². The van der Waals surface area contributed by atoms with E-state index in [4.69, 9.17) is 0 Å². The molecular formula is C14H22FNO. The van der Waals surface area contributed by atoms with Gasteiger partial charge in [-0.25, -0.2) is 4.39 Å². The highest BCUT2D eigenvalue weighted by Crippen LogP contribution is 2.25. The van der Waals surface area contributed by atoms with Gasteiger partial charge in [0.1, 0.15) is 5.82 Å². The van der Waals surface area contributed by atoms with Gasteiger partial charge < -0.3 is 10.4 Å². The monoisotopic (exact) mass is 239 g/mol. The van der Waals surface area contributed by atoms with Crippen LogP contribution in [0.25, 0.3) is 0 Å². The van der Waals surface area contributed by atoms with E-state index in [9.17, 15) is 9.50 Å². The fraction of sp³-hybridized carbons (Fsp3) is 0.571. The molecule has 0 bridgehead atoms. The summed E-state index contributed by atoms with van der Waals surface area (Å²) in [5, 5.41) is 13.0. The third kappa shape index (κ3) is 4.00. The molecule has 1 rings (SSSR count). The molecule has 0 unspecified atom stereocenters. The molecule has 0 aliphatic carbocycles. The summed E-state index contributed by atoms with van der Waals surface area (Å²) in [4.78, 5) is 0. The average molecular weight is 239 g/mol. The van der Waals surface area contributed by atoms with E-state index in [0.29, 0.717) is 0 Å². The molecule has 1 aromatic carbocycles. The Labute approximate surface area is 103 Å². The van der Waals surface area contributed by atoms with Crippen molar-refractivity contribution in [2.24, 2.45) is 0 Å². The average Bonchev–Trinajstić information content (AvgIpc) is 2.33. The number of rotatable bonds is 7. The second-order valence-electron chi connectivity index (χ2n) is 4.57. The number of nitrogens with one attached hydrogen (secondary N) is 1. The lowest BCUT2D eigenvalue weighted by molar-refractivity contribution is 0.192. The molecule has 0 atom stereocenters. The SMILES string of the molecule is CCCC(CO)(CCC)Nc1ccc(F)cc1. The number of benzene rings is 1. The molecule has 96 valence electrons. The first-order valence-corrected chi connectivity index (χ1v) is 6.30. The molecule has 0 saturated carbocycles. The van der Waals surface area contributed by atoms with E-state index in [1.165, 1.54) is 12.1 Å². The van der Waals surface area contributed by atoms with Crippen LogP contribution in [-0.4, -0.2) is 17.3 Å². The zero-order valence-corrected chi connectivity index (χ0v) is 10.7. The second-order valence-corrected chi connectivity index (χ2v) is 4.57. The molecule has 0 fully saturated rings. The molecule has 0 aliphatic heterocycles. The van der Waals surface area contributed by atoms with Crippen LogP contribution in [0.3, 0.4) is 0 Å². The maximum absolute atomic E-state index is 12.8. The number of aliphatic hydroxyl groups is 1. The zero-order chi connectivity index (χ0) is 12.7. The van der Waals surface area contributed by atoms with Crippen LogP contribution in [0.2, 0.25) is 0 Å². The highest BCUT2D eigenvalue weighted by Gasteiger charge is 2.27. The van der Waals surface area contributed by atoms with Gasteiger partial charge in [-0.3, -0.25) is 0 Å². The van der Waals surface area contributed by atoms with Crippen molar-refractivity contribution >= 4 is 5.69 Å². The number of hydrogen-bond donors (Lipinski definition) is 2. The van der Waals surface area contributed by atoms with Crippen LogP contribution in [0.5, 0.6) is 0 Å². The predicted octanol–water partition coefficient (Wildman–Crippen LogP) is 3.57. The van der Waals surface area contributed by atoms with Gasteiger partial charge in [0.2, 0.25) is 0 Å². The molecule has 2 N–H and O–H groups in total. The van der Waals surface area contributed by atoms with Gasteiger partial charge in [0, 0.05) is 5.69 Å². The Morgan fingerprint density at radius 3 is 2.06 bits per heavy atom. The smallest absolute Gasteiger partial charge is 0.123 e. The van der Waals surface area contributed by atoms with E-state index in [2.05, 4.69) is 19.2 Å². The summed E-state index contributed by atoms with van der Waals surface area (Å²) < 4.78 is 12.8. The summed E-state index contributed by atoms with van der Waals surface area (Å²) in [5.74, 6) is -0.240. The quantitative estimate of drug-likeness (QED) is 0.762. The molecule has 0 amide bonds. The lowest BCUT2D eigenvalue weighted by Crippen LogP contribution is -2.42. The summed E-state index contributed by atoms with van der Waals surface area (Å²) >= 11 is 0. The highest BCUT2D eigenvalue weighted by molar-refractivity contribution is 5.45. The minimum absolute atomic E-state index is 0.103. The lowest BCUT2D eigenvalue weighted by Gasteiger charge is -2.34. The second kappa shape index (κ2) is 6.60. The molecule has 0 saturated heterocycles. The van der Waals surface area contributed by atoms with Crippen molar-refractivity contribution in [2.75, 3.05) is 11.9 Å². The van der Waals surface area contributed by atoms with E-state index >= 15 is 0 Å². The molecule has 0 aromatic heterocycles. The Balaban J connectivity index is 2.80. The van der Waals surface area contributed by atoms with Crippen LogP contribution >= 0.6 is 0 Å². The topological polar surface area (TPSA) is 32.3 Å². The van der Waals surface area contributed by atoms with E-state index in [-0.39, 0.29) is 18.0 Å². The van der Waals surface area contributed by atoms with Crippen LogP contribution in [0, 0.1) is 5.82 Å². The van der Waals surface area contributed by atoms with Crippen LogP contribution < -0.4 is 5.32 Å². The first-order valence-electron chi connectivity index (χ1n) is 6.30. The van der Waals surface area contributed by atoms with Gasteiger partial charge in [-0.05, 0) is 37.1 Å². The third-order valence-electron chi connectivity index (χ3n) is 3.01. The van der Waals surface area contributed by atoms with Crippen molar-refractivity contribution in [3.05, 3.63) is 30.1 Å². The summed E-state index contributed by atoms with van der Waals surface area (Å²) in [7, 11) is 0. The predicted molar refractivity (Wildman–Crippen MR) is 69.7 cm³/mol. The van der Waals surface area contributed by atoms with E-state index in [1.807, 2.05) is 0 Å². The standard InChI is InChI=1S/C14H22FNO/c1-3-9-14(11-17,10-4-2)16-13-7-5-12(15)6-8-13/h5-8,16-17H,3-4,9-11H2,1-2H3. The summed E-state index contributed by atoms with van der Waals surface area (Å²) in [6, 6.07) is 6.29. The molecule has 1 aromatic rings. The van der Waals surface area contributed by atoms with Crippen molar-refractivity contribution in [3.8, 4) is 0 Å². The van der Waals surface area contributed by atoms with Crippen LogP contribution in [0.15, 0.2) is 24.3 Å². The Morgan fingerprint density at radius 2 is 1.65 bits per heavy atom. The van der Waals surface area contributed by atoms with Crippen LogP contribution in [0.1, 0.15) is 39.5 Å². The Bertz CT molecular complexity index is 317. The number of hydrogen-bond acceptors (Lipinski definition) is 2. The van der Waals surface area contributed by atoms with Gasteiger partial charge in [-0.2, -0.15) is 0 Å². The highest BCUT2D eigenvalue weighted by atomic mass is 19.1. The summed E-state index contributed by atoms with van der Waals surface area (Å²) in [5.41, 5.74) is 0.587. The van der Waals surface area contributed by atoms with Gasteiger partial charge in [0.25, 0.3) is 0 Å². The van der Waals surface area contributed by atoms with Crippen LogP contribution in [-0.2, 0) is 0 Å². The normalized spacial score (nSPS) is 11.5. The first kappa shape index (κ1) is 14.0. The minimum atomic E-state index is -0.276. The number of anilines is 1. The Kier molecular flexibility index (Phi) is 5.42. The molecule has 17 heavy (non-hydrogen) atoms. The van der Waals surface area contributed by atoms with Crippen molar-refractivity contribution in [1.29, 1.82) is 0 Å². The number of aliphatic hydroxyl groups excluding tert-OH is 1. The molecule has 3 heteroatoms. The molecule has 0 heterocycles. The maximum atomic E-state index is 12.8. The summed E-state index contributed by atoms with van der Waals surface area (Å²) in [6.07, 6.45) is 3.84. The number of halogens is 1. The fourth-order valence-electron chi connectivity index (χ4n) is 2.24. The maximum Gasteiger partial charge on any atom is 0.123 e. The van der Waals surface area contributed by atoms with Crippen molar-refractivity contribution < 1.29 is 9.50 Å². The third-order valence-corrected chi connectivity index (χ3v) is 3.01. The molecule has 0 spiro atoms. The Hall–Kier alpha value is -1.09. The van der Waals surface area contributed by atoms with Crippen molar-refractivity contribution in [1.82, 2.24) is 0 Å². The molecule has 0 radical (unpaired) electrons. The molecule has 0 aliphatic rings. The lowest BCUT2D eigenvalue weighted by atomic mass is 9.89. The van der Waals surface area contributed by atoms with Gasteiger partial charge in [0.15, 0.2) is 0 Å². The summed E-state index contributed by atoms with van der Waals surface area (Å²) in [6.45, 7) is 4.31. The van der Waals surface area contributed by atoms with E-state index < -0.39 is 0 Å². The van der Waals surface area contributed by atoms with Gasteiger partial charge in [0.05, 0.1) is 12.1 Å². The fourth-order valence-corrected chi connectivity index (χ4v) is 2.24. The van der Waals surface area contributed by atoms with Gasteiger partial charge in [-0.15, -0.1) is 0 Å². The zero-order valence-electron chi connectivity index (χ0n) is 10.7. The van der Waals surface area contributed by atoms with E-state index in [1.54, 1.807) is 12.1 Å². The minimum Gasteiger partial charge on any atom is -0.394 e. The van der Waals surface area contributed by atoms with Crippen molar-refractivity contribution in [2.45, 2.75) is 45.1 Å². The van der Waals surface area contributed by atoms with Crippen molar-refractivity contribution in [3.63, 3.8) is 0 Å². The first-order chi connectivity index (χ1) is 8.15. The van der Waals surface area contributed by atoms with Crippen LogP contribution in [0.4, 0.5) is 10.1 Å². The van der Waals surface area contributed by atoms with Gasteiger partial charge in [-0.1, -0.05) is 26.7 Å². The largest absolute Gasteiger partial charge is 0.394 e.